The molecule has 1 amide bonds. The quantitative estimate of drug-likeness (QED) is 0.181. The molecule has 0 aliphatic carbocycles. The molecule has 2 N–H and O–H groups in total. The Hall–Kier alpha value is -5.06. The predicted molar refractivity (Wildman–Crippen MR) is 152 cm³/mol. The molecule has 0 aliphatic heterocycles. The fourth-order valence-corrected chi connectivity index (χ4v) is 4.94. The van der Waals surface area contributed by atoms with E-state index in [1.54, 1.807) is 48.0 Å². The number of aromatic carboxylic acids is 1. The molecule has 5 rings (SSSR count). The van der Waals surface area contributed by atoms with Crippen LogP contribution in [0.3, 0.4) is 0 Å². The second-order valence-corrected chi connectivity index (χ2v) is 10.3. The van der Waals surface area contributed by atoms with Gasteiger partial charge in [0.25, 0.3) is 5.91 Å². The number of carbonyl (C=O) groups is 2. The first kappa shape index (κ1) is 30.4. The van der Waals surface area contributed by atoms with Crippen molar-refractivity contribution < 1.29 is 41.0 Å². The van der Waals surface area contributed by atoms with Crippen LogP contribution in [0.15, 0.2) is 97.2 Å². The lowest BCUT2D eigenvalue weighted by atomic mass is 9.98. The first-order valence-electron chi connectivity index (χ1n) is 13.3. The molecular formula is C33H24F6N2O3. The van der Waals surface area contributed by atoms with Gasteiger partial charge in [-0.3, -0.25) is 4.79 Å². The van der Waals surface area contributed by atoms with E-state index in [9.17, 15) is 35.9 Å². The van der Waals surface area contributed by atoms with Crippen LogP contribution in [0.4, 0.5) is 26.3 Å². The van der Waals surface area contributed by atoms with Crippen molar-refractivity contribution in [3.05, 3.63) is 131 Å². The van der Waals surface area contributed by atoms with Gasteiger partial charge in [-0.1, -0.05) is 36.4 Å². The number of carboxylic acids is 1. The molecule has 11 heteroatoms. The minimum atomic E-state index is -4.51. The van der Waals surface area contributed by atoms with Gasteiger partial charge in [0.2, 0.25) is 0 Å². The van der Waals surface area contributed by atoms with E-state index in [-0.39, 0.29) is 17.7 Å². The Morgan fingerprint density at radius 3 is 1.89 bits per heavy atom. The molecule has 226 valence electrons. The van der Waals surface area contributed by atoms with Crippen LogP contribution in [0.2, 0.25) is 0 Å². The molecular weight excluding hydrogens is 586 g/mol. The summed E-state index contributed by atoms with van der Waals surface area (Å²) in [6.45, 7) is 1.86. The number of aromatic nitrogens is 1. The van der Waals surface area contributed by atoms with Gasteiger partial charge >= 0.3 is 18.3 Å². The molecule has 0 saturated carbocycles. The van der Waals surface area contributed by atoms with Gasteiger partial charge in [-0.2, -0.15) is 26.3 Å². The monoisotopic (exact) mass is 610 g/mol. The third-order valence-corrected chi connectivity index (χ3v) is 7.29. The summed E-state index contributed by atoms with van der Waals surface area (Å²) in [7, 11) is 0. The van der Waals surface area contributed by atoms with Crippen molar-refractivity contribution in [2.45, 2.75) is 31.9 Å². The zero-order valence-electron chi connectivity index (χ0n) is 23.0. The van der Waals surface area contributed by atoms with Gasteiger partial charge < -0.3 is 15.0 Å². The zero-order chi connectivity index (χ0) is 31.8. The number of nitrogens with one attached hydrogen (secondary N) is 1. The number of alkyl halides is 6. The van der Waals surface area contributed by atoms with Crippen LogP contribution in [0.25, 0.3) is 22.0 Å². The normalized spacial score (nSPS) is 12.7. The molecule has 0 fully saturated rings. The van der Waals surface area contributed by atoms with Gasteiger partial charge in [0.05, 0.1) is 33.8 Å². The summed E-state index contributed by atoms with van der Waals surface area (Å²) < 4.78 is 80.3. The van der Waals surface area contributed by atoms with Gasteiger partial charge in [-0.25, -0.2) is 4.79 Å². The summed E-state index contributed by atoms with van der Waals surface area (Å²) in [5, 5.41) is 12.7. The topological polar surface area (TPSA) is 71.3 Å². The van der Waals surface area contributed by atoms with Gasteiger partial charge in [-0.15, -0.1) is 0 Å². The molecule has 0 bridgehead atoms. The van der Waals surface area contributed by atoms with Gasteiger partial charge in [-0.05, 0) is 83.8 Å². The maximum absolute atomic E-state index is 13.8. The number of halogens is 6. The zero-order valence-corrected chi connectivity index (χ0v) is 23.0. The third-order valence-electron chi connectivity index (χ3n) is 7.29. The van der Waals surface area contributed by atoms with Crippen LogP contribution in [0, 0.1) is 0 Å². The molecule has 1 atom stereocenters. The fraction of sp³-hybridized carbons (Fsp3) is 0.152. The molecule has 4 aromatic carbocycles. The maximum Gasteiger partial charge on any atom is 0.416 e. The average Bonchev–Trinajstić information content (AvgIpc) is 3.38. The highest BCUT2D eigenvalue weighted by atomic mass is 19.4. The summed E-state index contributed by atoms with van der Waals surface area (Å²) in [5.74, 6) is -1.60. The molecule has 0 aliphatic rings. The van der Waals surface area contributed by atoms with Crippen molar-refractivity contribution in [1.82, 2.24) is 9.88 Å². The van der Waals surface area contributed by atoms with Crippen LogP contribution in [-0.4, -0.2) is 21.6 Å². The highest BCUT2D eigenvalue weighted by molar-refractivity contribution is 6.08. The molecule has 1 aromatic heterocycles. The summed E-state index contributed by atoms with van der Waals surface area (Å²) in [5.41, 5.74) is 1.29. The standard InChI is InChI=1S/C33H24F6N2O3/c1-19(21-4-6-23(7-5-21)31(43)44)40-30(42)28-17-25(22-8-12-27(13-9-22)33(37,38)39)16-24-14-15-41(29(24)28)18-20-2-10-26(11-3-20)32(34,35)36/h2-17,19H,18H2,1H3,(H,40,42)(H,43,44)/t19-/m0/s1. The lowest BCUT2D eigenvalue weighted by Crippen LogP contribution is -2.27. The second-order valence-electron chi connectivity index (χ2n) is 10.3. The summed E-state index contributed by atoms with van der Waals surface area (Å²) in [6, 6.07) is 19.7. The first-order valence-corrected chi connectivity index (χ1v) is 13.3. The Morgan fingerprint density at radius 1 is 0.773 bits per heavy atom. The lowest BCUT2D eigenvalue weighted by Gasteiger charge is -2.17. The van der Waals surface area contributed by atoms with Crippen molar-refractivity contribution in [2.24, 2.45) is 0 Å². The minimum Gasteiger partial charge on any atom is -0.478 e. The molecule has 0 radical (unpaired) electrons. The first-order chi connectivity index (χ1) is 20.7. The SMILES string of the molecule is C[C@H](NC(=O)c1cc(-c2ccc(C(F)(F)F)cc2)cc2ccn(Cc3ccc(C(F)(F)F)cc3)c12)c1ccc(C(=O)O)cc1. The van der Waals surface area contributed by atoms with Crippen LogP contribution < -0.4 is 5.32 Å². The largest absolute Gasteiger partial charge is 0.478 e. The van der Waals surface area contributed by atoms with E-state index in [0.717, 1.165) is 24.3 Å². The Bertz CT molecular complexity index is 1820. The number of benzene rings is 4. The highest BCUT2D eigenvalue weighted by Crippen LogP contribution is 2.34. The van der Waals surface area contributed by atoms with Crippen molar-refractivity contribution in [2.75, 3.05) is 0 Å². The van der Waals surface area contributed by atoms with Gasteiger partial charge in [0.15, 0.2) is 0 Å². The molecule has 0 unspecified atom stereocenters. The van der Waals surface area contributed by atoms with Crippen molar-refractivity contribution in [3.63, 3.8) is 0 Å². The number of hydrogen-bond acceptors (Lipinski definition) is 2. The van der Waals surface area contributed by atoms with E-state index >= 15 is 0 Å². The average molecular weight is 611 g/mol. The molecule has 5 aromatic rings. The number of amides is 1. The van der Waals surface area contributed by atoms with Crippen molar-refractivity contribution in [1.29, 1.82) is 0 Å². The molecule has 5 nitrogen and oxygen atoms in total. The lowest BCUT2D eigenvalue weighted by molar-refractivity contribution is -0.138. The minimum absolute atomic E-state index is 0.0827. The molecule has 0 spiro atoms. The van der Waals surface area contributed by atoms with Crippen molar-refractivity contribution >= 4 is 22.8 Å². The summed E-state index contributed by atoms with van der Waals surface area (Å²) >= 11 is 0. The molecule has 44 heavy (non-hydrogen) atoms. The number of carboxylic acid groups (broad SMARTS) is 1. The van der Waals surface area contributed by atoms with E-state index in [1.807, 2.05) is 0 Å². The highest BCUT2D eigenvalue weighted by Gasteiger charge is 2.31. The Labute approximate surface area is 247 Å². The molecule has 0 saturated heterocycles. The number of nitrogens with zero attached hydrogens (tertiary/aromatic N) is 1. The Morgan fingerprint density at radius 2 is 1.34 bits per heavy atom. The van der Waals surface area contributed by atoms with E-state index in [2.05, 4.69) is 5.32 Å². The predicted octanol–water partition coefficient (Wildman–Crippen LogP) is 8.58. The maximum atomic E-state index is 13.8. The van der Waals surface area contributed by atoms with Crippen LogP contribution in [0.1, 0.15) is 55.9 Å². The fourth-order valence-electron chi connectivity index (χ4n) is 4.94. The molecule has 1 heterocycles. The van der Waals surface area contributed by atoms with Gasteiger partial charge in [0, 0.05) is 18.1 Å². The summed E-state index contributed by atoms with van der Waals surface area (Å²) in [4.78, 5) is 25.0. The van der Waals surface area contributed by atoms with E-state index in [4.69, 9.17) is 5.11 Å². The number of carbonyl (C=O) groups excluding carboxylic acids is 1. The van der Waals surface area contributed by atoms with E-state index < -0.39 is 41.4 Å². The second kappa shape index (κ2) is 11.6. The van der Waals surface area contributed by atoms with E-state index in [0.29, 0.717) is 33.2 Å². The number of fused-ring (bicyclic) bond motifs is 1. The Kier molecular flexibility index (Phi) is 7.98. The smallest absolute Gasteiger partial charge is 0.416 e. The van der Waals surface area contributed by atoms with E-state index in [1.165, 1.54) is 36.4 Å². The number of rotatable bonds is 7. The van der Waals surface area contributed by atoms with Crippen LogP contribution in [0.5, 0.6) is 0 Å². The third kappa shape index (κ3) is 6.46. The number of hydrogen-bond donors (Lipinski definition) is 2. The Balaban J connectivity index is 1.54. The van der Waals surface area contributed by atoms with Crippen LogP contribution >= 0.6 is 0 Å². The van der Waals surface area contributed by atoms with Crippen molar-refractivity contribution in [3.8, 4) is 11.1 Å². The van der Waals surface area contributed by atoms with Gasteiger partial charge in [0.1, 0.15) is 0 Å². The summed E-state index contributed by atoms with van der Waals surface area (Å²) in [6.07, 6.45) is -7.31. The van der Waals surface area contributed by atoms with Crippen LogP contribution in [-0.2, 0) is 18.9 Å².